The lowest BCUT2D eigenvalue weighted by atomic mass is 10.0. The molecule has 0 fully saturated rings. The molecule has 1 unspecified atom stereocenters. The highest BCUT2D eigenvalue weighted by atomic mass is 35.5. The molecule has 0 radical (unpaired) electrons. The Labute approximate surface area is 102 Å². The zero-order valence-electron chi connectivity index (χ0n) is 9.50. The molecular formula is C12H20ClNS. The Bertz CT molecular complexity index is 246. The SMILES string of the molecule is CC(C)C(CCCl)NCCc1ccsc1. The van der Waals surface area contributed by atoms with E-state index < -0.39 is 0 Å². The number of hydrogen-bond donors (Lipinski definition) is 1. The molecule has 1 aromatic heterocycles. The molecule has 0 amide bonds. The quantitative estimate of drug-likeness (QED) is 0.725. The maximum absolute atomic E-state index is 5.78. The summed E-state index contributed by atoms with van der Waals surface area (Å²) in [6.45, 7) is 5.54. The van der Waals surface area contributed by atoms with E-state index in [1.54, 1.807) is 11.3 Å². The topological polar surface area (TPSA) is 12.0 Å². The van der Waals surface area contributed by atoms with Gasteiger partial charge in [-0.15, -0.1) is 11.6 Å². The van der Waals surface area contributed by atoms with Gasteiger partial charge in [0.05, 0.1) is 0 Å². The minimum Gasteiger partial charge on any atom is -0.313 e. The Morgan fingerprint density at radius 2 is 2.27 bits per heavy atom. The van der Waals surface area contributed by atoms with Crippen molar-refractivity contribution in [1.29, 1.82) is 0 Å². The van der Waals surface area contributed by atoms with Gasteiger partial charge in [0.2, 0.25) is 0 Å². The van der Waals surface area contributed by atoms with Crippen LogP contribution in [-0.4, -0.2) is 18.5 Å². The van der Waals surface area contributed by atoms with Crippen molar-refractivity contribution in [3.8, 4) is 0 Å². The number of hydrogen-bond acceptors (Lipinski definition) is 2. The molecule has 0 spiro atoms. The van der Waals surface area contributed by atoms with Gasteiger partial charge in [0.25, 0.3) is 0 Å². The lowest BCUT2D eigenvalue weighted by Gasteiger charge is -2.21. The molecule has 0 saturated carbocycles. The van der Waals surface area contributed by atoms with E-state index >= 15 is 0 Å². The Balaban J connectivity index is 2.22. The van der Waals surface area contributed by atoms with Gasteiger partial charge in [-0.2, -0.15) is 11.3 Å². The van der Waals surface area contributed by atoms with E-state index in [1.807, 2.05) is 0 Å². The summed E-state index contributed by atoms with van der Waals surface area (Å²) in [5.41, 5.74) is 1.43. The van der Waals surface area contributed by atoms with Gasteiger partial charge in [-0.05, 0) is 47.7 Å². The average molecular weight is 246 g/mol. The largest absolute Gasteiger partial charge is 0.313 e. The minimum atomic E-state index is 0.557. The fraction of sp³-hybridized carbons (Fsp3) is 0.667. The molecule has 15 heavy (non-hydrogen) atoms. The lowest BCUT2D eigenvalue weighted by Crippen LogP contribution is -2.35. The van der Waals surface area contributed by atoms with Crippen LogP contribution < -0.4 is 5.32 Å². The average Bonchev–Trinajstić information content (AvgIpc) is 2.69. The van der Waals surface area contributed by atoms with Crippen molar-refractivity contribution in [3.05, 3.63) is 22.4 Å². The summed E-state index contributed by atoms with van der Waals surface area (Å²) in [7, 11) is 0. The van der Waals surface area contributed by atoms with Gasteiger partial charge in [0.1, 0.15) is 0 Å². The molecule has 1 rings (SSSR count). The van der Waals surface area contributed by atoms with E-state index in [0.29, 0.717) is 12.0 Å². The summed E-state index contributed by atoms with van der Waals surface area (Å²) < 4.78 is 0. The smallest absolute Gasteiger partial charge is 0.0238 e. The highest BCUT2D eigenvalue weighted by Gasteiger charge is 2.11. The third kappa shape index (κ3) is 5.01. The molecule has 1 aromatic rings. The predicted octanol–water partition coefficient (Wildman–Crippen LogP) is 3.53. The summed E-state index contributed by atoms with van der Waals surface area (Å²) in [6.07, 6.45) is 2.18. The summed E-state index contributed by atoms with van der Waals surface area (Å²) in [5.74, 6) is 1.40. The molecule has 1 heterocycles. The maximum atomic E-state index is 5.78. The van der Waals surface area contributed by atoms with Crippen LogP contribution >= 0.6 is 22.9 Å². The first-order chi connectivity index (χ1) is 7.24. The fourth-order valence-corrected chi connectivity index (χ4v) is 2.56. The second-order valence-corrected chi connectivity index (χ2v) is 5.32. The number of halogens is 1. The van der Waals surface area contributed by atoms with Gasteiger partial charge in [0, 0.05) is 11.9 Å². The first kappa shape index (κ1) is 13.0. The highest BCUT2D eigenvalue weighted by molar-refractivity contribution is 7.07. The molecule has 0 saturated heterocycles. The van der Waals surface area contributed by atoms with Crippen LogP contribution in [0.1, 0.15) is 25.8 Å². The first-order valence-corrected chi connectivity index (χ1v) is 7.02. The fourth-order valence-electron chi connectivity index (χ4n) is 1.63. The molecule has 0 aliphatic carbocycles. The second-order valence-electron chi connectivity index (χ2n) is 4.16. The third-order valence-corrected chi connectivity index (χ3v) is 3.58. The van der Waals surface area contributed by atoms with Crippen molar-refractivity contribution in [2.45, 2.75) is 32.7 Å². The van der Waals surface area contributed by atoms with Crippen molar-refractivity contribution in [3.63, 3.8) is 0 Å². The molecule has 1 atom stereocenters. The predicted molar refractivity (Wildman–Crippen MR) is 70.0 cm³/mol. The minimum absolute atomic E-state index is 0.557. The van der Waals surface area contributed by atoms with Gasteiger partial charge in [0.15, 0.2) is 0 Å². The van der Waals surface area contributed by atoms with Crippen LogP contribution in [0.25, 0.3) is 0 Å². The Kier molecular flexibility index (Phi) is 6.30. The summed E-state index contributed by atoms with van der Waals surface area (Å²) >= 11 is 7.55. The number of rotatable bonds is 7. The lowest BCUT2D eigenvalue weighted by molar-refractivity contribution is 0.393. The van der Waals surface area contributed by atoms with Crippen LogP contribution in [-0.2, 0) is 6.42 Å². The van der Waals surface area contributed by atoms with Crippen molar-refractivity contribution in [2.24, 2.45) is 5.92 Å². The zero-order valence-corrected chi connectivity index (χ0v) is 11.1. The van der Waals surface area contributed by atoms with Crippen LogP contribution in [0, 0.1) is 5.92 Å². The molecule has 1 nitrogen and oxygen atoms in total. The van der Waals surface area contributed by atoms with E-state index in [9.17, 15) is 0 Å². The molecule has 0 aliphatic rings. The van der Waals surface area contributed by atoms with E-state index in [0.717, 1.165) is 25.3 Å². The van der Waals surface area contributed by atoms with Crippen LogP contribution in [0.5, 0.6) is 0 Å². The summed E-state index contributed by atoms with van der Waals surface area (Å²) in [4.78, 5) is 0. The van der Waals surface area contributed by atoms with Gasteiger partial charge in [-0.3, -0.25) is 0 Å². The summed E-state index contributed by atoms with van der Waals surface area (Å²) in [6, 6.07) is 2.75. The molecule has 3 heteroatoms. The van der Waals surface area contributed by atoms with Crippen LogP contribution in [0.2, 0.25) is 0 Å². The van der Waals surface area contributed by atoms with Gasteiger partial charge in [-0.25, -0.2) is 0 Å². The van der Waals surface area contributed by atoms with Crippen LogP contribution in [0.3, 0.4) is 0 Å². The van der Waals surface area contributed by atoms with Gasteiger partial charge in [-0.1, -0.05) is 13.8 Å². The molecule has 0 aromatic carbocycles. The number of alkyl halides is 1. The van der Waals surface area contributed by atoms with E-state index in [4.69, 9.17) is 11.6 Å². The molecule has 0 bridgehead atoms. The van der Waals surface area contributed by atoms with Crippen molar-refractivity contribution < 1.29 is 0 Å². The molecule has 1 N–H and O–H groups in total. The zero-order chi connectivity index (χ0) is 11.1. The maximum Gasteiger partial charge on any atom is 0.0238 e. The highest BCUT2D eigenvalue weighted by Crippen LogP contribution is 2.09. The first-order valence-electron chi connectivity index (χ1n) is 5.54. The van der Waals surface area contributed by atoms with Gasteiger partial charge < -0.3 is 5.32 Å². The molecule has 86 valence electrons. The molecule has 0 aliphatic heterocycles. The van der Waals surface area contributed by atoms with Crippen LogP contribution in [0.15, 0.2) is 16.8 Å². The van der Waals surface area contributed by atoms with Crippen molar-refractivity contribution >= 4 is 22.9 Å². The van der Waals surface area contributed by atoms with Crippen molar-refractivity contribution in [1.82, 2.24) is 5.32 Å². The number of thiophene rings is 1. The Hall–Kier alpha value is -0.0500. The van der Waals surface area contributed by atoms with E-state index in [1.165, 1.54) is 5.56 Å². The summed E-state index contributed by atoms with van der Waals surface area (Å²) in [5, 5.41) is 7.93. The number of nitrogens with one attached hydrogen (secondary N) is 1. The monoisotopic (exact) mass is 245 g/mol. The molecular weight excluding hydrogens is 226 g/mol. The van der Waals surface area contributed by atoms with Crippen molar-refractivity contribution in [2.75, 3.05) is 12.4 Å². The van der Waals surface area contributed by atoms with Crippen LogP contribution in [0.4, 0.5) is 0 Å². The normalized spacial score (nSPS) is 13.3. The standard InChI is InChI=1S/C12H20ClNS/c1-10(2)12(3-6-13)14-7-4-11-5-8-15-9-11/h5,8-10,12,14H,3-4,6-7H2,1-2H3. The Morgan fingerprint density at radius 1 is 1.47 bits per heavy atom. The Morgan fingerprint density at radius 3 is 2.80 bits per heavy atom. The second kappa shape index (κ2) is 7.26. The van der Waals surface area contributed by atoms with Gasteiger partial charge >= 0.3 is 0 Å². The van der Waals surface area contributed by atoms with E-state index in [-0.39, 0.29) is 0 Å². The van der Waals surface area contributed by atoms with E-state index in [2.05, 4.69) is 36.0 Å². The third-order valence-electron chi connectivity index (χ3n) is 2.63.